The van der Waals surface area contributed by atoms with Gasteiger partial charge in [-0.15, -0.1) is 0 Å². The van der Waals surface area contributed by atoms with Crippen LogP contribution in [-0.4, -0.2) is 34.9 Å². The summed E-state index contributed by atoms with van der Waals surface area (Å²) in [6.45, 7) is 3.74. The highest BCUT2D eigenvalue weighted by Gasteiger charge is 2.20. The fraction of sp³-hybridized carbons (Fsp3) is 0.385. The molecule has 0 bridgehead atoms. The van der Waals surface area contributed by atoms with Crippen LogP contribution in [0.15, 0.2) is 27.8 Å². The molecule has 1 rings (SSSR count). The molecule has 0 aliphatic heterocycles. The first-order chi connectivity index (χ1) is 8.86. The number of carbonyl (C=O) groups is 1. The van der Waals surface area contributed by atoms with Gasteiger partial charge in [0.15, 0.2) is 0 Å². The van der Waals surface area contributed by atoms with Crippen LogP contribution in [-0.2, 0) is 0 Å². The predicted octanol–water partition coefficient (Wildman–Crippen LogP) is 2.35. The van der Waals surface area contributed by atoms with Crippen LogP contribution in [0, 0.1) is 6.92 Å². The van der Waals surface area contributed by atoms with Crippen molar-refractivity contribution < 1.29 is 10.0 Å². The van der Waals surface area contributed by atoms with E-state index >= 15 is 0 Å². The van der Waals surface area contributed by atoms with Gasteiger partial charge >= 0.3 is 0 Å². The number of aryl methyl sites for hydroxylation is 1. The second-order valence-electron chi connectivity index (χ2n) is 4.52. The molecule has 6 heteroatoms. The number of amides is 1. The molecule has 1 unspecified atom stereocenters. The molecule has 0 spiro atoms. The third kappa shape index (κ3) is 3.96. The van der Waals surface area contributed by atoms with E-state index in [2.05, 4.69) is 21.1 Å². The Labute approximate surface area is 121 Å². The first kappa shape index (κ1) is 15.5. The number of nitrogens with two attached hydrogens (primary N) is 1. The molecule has 5 nitrogen and oxygen atoms in total. The molecule has 0 aliphatic rings. The highest BCUT2D eigenvalue weighted by molar-refractivity contribution is 9.10. The minimum absolute atomic E-state index is 0.0803. The number of amidine groups is 1. The molecule has 1 amide bonds. The van der Waals surface area contributed by atoms with Gasteiger partial charge in [-0.05, 0) is 37.6 Å². The number of nitrogens with zero attached hydrogens (tertiary/aromatic N) is 2. The second-order valence-corrected chi connectivity index (χ2v) is 5.44. The molecule has 1 aromatic rings. The van der Waals surface area contributed by atoms with E-state index in [1.165, 1.54) is 0 Å². The van der Waals surface area contributed by atoms with E-state index < -0.39 is 0 Å². The van der Waals surface area contributed by atoms with Crippen molar-refractivity contribution >= 4 is 27.7 Å². The van der Waals surface area contributed by atoms with Crippen LogP contribution < -0.4 is 5.73 Å². The first-order valence-corrected chi connectivity index (χ1v) is 6.65. The maximum atomic E-state index is 12.4. The Morgan fingerprint density at radius 2 is 2.21 bits per heavy atom. The quantitative estimate of drug-likeness (QED) is 0.385. The average Bonchev–Trinajstić information content (AvgIpc) is 2.36. The van der Waals surface area contributed by atoms with Gasteiger partial charge in [-0.3, -0.25) is 4.79 Å². The summed E-state index contributed by atoms with van der Waals surface area (Å²) in [6, 6.07) is 5.37. The lowest BCUT2D eigenvalue weighted by Gasteiger charge is -2.25. The predicted molar refractivity (Wildman–Crippen MR) is 78.5 cm³/mol. The van der Waals surface area contributed by atoms with Gasteiger partial charge in [-0.25, -0.2) is 0 Å². The lowest BCUT2D eigenvalue weighted by atomic mass is 10.1. The monoisotopic (exact) mass is 327 g/mol. The van der Waals surface area contributed by atoms with Crippen molar-refractivity contribution in [2.75, 3.05) is 7.05 Å². The molecule has 0 radical (unpaired) electrons. The Balaban J connectivity index is 2.87. The molecular weight excluding hydrogens is 310 g/mol. The summed E-state index contributed by atoms with van der Waals surface area (Å²) in [5.41, 5.74) is 7.01. The van der Waals surface area contributed by atoms with Crippen LogP contribution in [0.3, 0.4) is 0 Å². The van der Waals surface area contributed by atoms with Crippen molar-refractivity contribution in [3.05, 3.63) is 33.8 Å². The molecular formula is C13H18BrN3O2. The standard InChI is InChI=1S/C13H18BrN3O2/c1-8-6-10(14)4-5-11(8)13(18)17(3)9(2)7-12(15)16-19/h4-6,9,19H,7H2,1-3H3,(H2,15,16). The highest BCUT2D eigenvalue weighted by atomic mass is 79.9. The number of oxime groups is 1. The maximum absolute atomic E-state index is 12.4. The van der Waals surface area contributed by atoms with Gasteiger partial charge in [0.25, 0.3) is 5.91 Å². The molecule has 3 N–H and O–H groups in total. The normalized spacial score (nSPS) is 13.2. The molecule has 0 saturated carbocycles. The molecule has 0 aromatic heterocycles. The van der Waals surface area contributed by atoms with E-state index in [1.54, 1.807) is 18.0 Å². The van der Waals surface area contributed by atoms with Crippen LogP contribution in [0.1, 0.15) is 29.3 Å². The smallest absolute Gasteiger partial charge is 0.254 e. The minimum atomic E-state index is -0.147. The Morgan fingerprint density at radius 3 is 2.74 bits per heavy atom. The largest absolute Gasteiger partial charge is 0.409 e. The summed E-state index contributed by atoms with van der Waals surface area (Å²) in [6.07, 6.45) is 0.328. The fourth-order valence-electron chi connectivity index (χ4n) is 1.74. The number of rotatable bonds is 4. The molecule has 0 fully saturated rings. The number of halogens is 1. The van der Waals surface area contributed by atoms with Crippen molar-refractivity contribution in [3.8, 4) is 0 Å². The molecule has 0 saturated heterocycles. The molecule has 0 aliphatic carbocycles. The topological polar surface area (TPSA) is 78.9 Å². The van der Waals surface area contributed by atoms with E-state index in [4.69, 9.17) is 10.9 Å². The van der Waals surface area contributed by atoms with Gasteiger partial charge in [0.1, 0.15) is 5.84 Å². The summed E-state index contributed by atoms with van der Waals surface area (Å²) < 4.78 is 0.939. The van der Waals surface area contributed by atoms with Crippen LogP contribution in [0.2, 0.25) is 0 Å². The van der Waals surface area contributed by atoms with Gasteiger partial charge in [0.2, 0.25) is 0 Å². The molecule has 1 aromatic carbocycles. The van der Waals surface area contributed by atoms with Crippen LogP contribution in [0.25, 0.3) is 0 Å². The third-order valence-corrected chi connectivity index (χ3v) is 3.53. The number of benzene rings is 1. The Hall–Kier alpha value is -1.56. The first-order valence-electron chi connectivity index (χ1n) is 5.86. The summed E-state index contributed by atoms with van der Waals surface area (Å²) in [7, 11) is 1.71. The summed E-state index contributed by atoms with van der Waals surface area (Å²) in [5, 5.41) is 11.5. The van der Waals surface area contributed by atoms with Crippen molar-refractivity contribution in [2.24, 2.45) is 10.9 Å². The lowest BCUT2D eigenvalue weighted by Crippen LogP contribution is -2.38. The third-order valence-electron chi connectivity index (χ3n) is 3.03. The summed E-state index contributed by atoms with van der Waals surface area (Å²) >= 11 is 3.37. The second kappa shape index (κ2) is 6.56. The molecule has 1 atom stereocenters. The summed E-state index contributed by atoms with van der Waals surface area (Å²) in [5.74, 6) is 0.0305. The van der Waals surface area contributed by atoms with Gasteiger partial charge in [-0.2, -0.15) is 0 Å². The van der Waals surface area contributed by atoms with E-state index in [0.29, 0.717) is 12.0 Å². The van der Waals surface area contributed by atoms with Crippen molar-refractivity contribution in [1.29, 1.82) is 0 Å². The highest BCUT2D eigenvalue weighted by Crippen LogP contribution is 2.18. The fourth-order valence-corrected chi connectivity index (χ4v) is 2.21. The van der Waals surface area contributed by atoms with Gasteiger partial charge in [0.05, 0.1) is 0 Å². The van der Waals surface area contributed by atoms with Crippen LogP contribution >= 0.6 is 15.9 Å². The van der Waals surface area contributed by atoms with E-state index in [1.807, 2.05) is 26.0 Å². The zero-order valence-corrected chi connectivity index (χ0v) is 12.8. The van der Waals surface area contributed by atoms with Crippen molar-refractivity contribution in [2.45, 2.75) is 26.3 Å². The van der Waals surface area contributed by atoms with Crippen LogP contribution in [0.4, 0.5) is 0 Å². The number of hydrogen-bond acceptors (Lipinski definition) is 3. The zero-order valence-electron chi connectivity index (χ0n) is 11.2. The van der Waals surface area contributed by atoms with Gasteiger partial charge in [0, 0.05) is 29.5 Å². The SMILES string of the molecule is Cc1cc(Br)ccc1C(=O)N(C)C(C)CC(N)=NO. The van der Waals surface area contributed by atoms with Gasteiger partial charge < -0.3 is 15.8 Å². The van der Waals surface area contributed by atoms with E-state index in [9.17, 15) is 4.79 Å². The molecule has 19 heavy (non-hydrogen) atoms. The van der Waals surface area contributed by atoms with Gasteiger partial charge in [-0.1, -0.05) is 21.1 Å². The Bertz CT molecular complexity index is 503. The van der Waals surface area contributed by atoms with E-state index in [-0.39, 0.29) is 17.8 Å². The van der Waals surface area contributed by atoms with Crippen LogP contribution in [0.5, 0.6) is 0 Å². The lowest BCUT2D eigenvalue weighted by molar-refractivity contribution is 0.0746. The number of carbonyl (C=O) groups excluding carboxylic acids is 1. The minimum Gasteiger partial charge on any atom is -0.409 e. The Kier molecular flexibility index (Phi) is 5.35. The molecule has 104 valence electrons. The Morgan fingerprint density at radius 1 is 1.58 bits per heavy atom. The number of hydrogen-bond donors (Lipinski definition) is 2. The van der Waals surface area contributed by atoms with Crippen molar-refractivity contribution in [1.82, 2.24) is 4.90 Å². The maximum Gasteiger partial charge on any atom is 0.254 e. The molecule has 0 heterocycles. The zero-order chi connectivity index (χ0) is 14.6. The average molecular weight is 328 g/mol. The summed E-state index contributed by atoms with van der Waals surface area (Å²) in [4.78, 5) is 13.9. The van der Waals surface area contributed by atoms with E-state index in [0.717, 1.165) is 10.0 Å². The van der Waals surface area contributed by atoms with Crippen molar-refractivity contribution in [3.63, 3.8) is 0 Å².